The molecule has 16 nitrogen and oxygen atoms in total. The lowest BCUT2D eigenvalue weighted by molar-refractivity contribution is -0.0285. The number of alkyl carbamates (subject to hydrolysis) is 1. The van der Waals surface area contributed by atoms with E-state index in [-0.39, 0.29) is 0 Å². The summed E-state index contributed by atoms with van der Waals surface area (Å²) in [5, 5.41) is 2.63. The van der Waals surface area contributed by atoms with Gasteiger partial charge in [-0.05, 0) is 32.9 Å². The van der Waals surface area contributed by atoms with E-state index in [0.29, 0.717) is 172 Å². The van der Waals surface area contributed by atoms with Crippen LogP contribution in [0.1, 0.15) is 20.8 Å². The molecule has 0 radical (unpaired) electrons. The van der Waals surface area contributed by atoms with Crippen LogP contribution in [0.4, 0.5) is 4.79 Å². The van der Waals surface area contributed by atoms with Gasteiger partial charge >= 0.3 is 6.09 Å². The lowest BCUT2D eigenvalue weighted by atomic mass is 10.2. The van der Waals surface area contributed by atoms with Gasteiger partial charge in [-0.25, -0.2) is 4.79 Å². The molecular weight excluding hydrogens is 698 g/mol. The van der Waals surface area contributed by atoms with Crippen molar-refractivity contribution in [2.75, 3.05) is 172 Å². The highest BCUT2D eigenvalue weighted by atomic mass is 16.6. The van der Waals surface area contributed by atoms with Crippen LogP contribution in [-0.2, 0) is 61.6 Å². The van der Waals surface area contributed by atoms with Crippen LogP contribution in [-0.4, -0.2) is 183 Å². The van der Waals surface area contributed by atoms with Crippen molar-refractivity contribution in [3.05, 3.63) is 30.3 Å². The Morgan fingerprint density at radius 2 is 0.679 bits per heavy atom. The van der Waals surface area contributed by atoms with Crippen molar-refractivity contribution in [2.24, 2.45) is 0 Å². The molecule has 0 saturated carbocycles. The van der Waals surface area contributed by atoms with Crippen LogP contribution in [0.25, 0.3) is 0 Å². The zero-order valence-electron chi connectivity index (χ0n) is 32.4. The summed E-state index contributed by atoms with van der Waals surface area (Å²) < 4.78 is 76.4. The number of hydrogen-bond donors (Lipinski definition) is 1. The minimum Gasteiger partial charge on any atom is -0.491 e. The average Bonchev–Trinajstić information content (AvgIpc) is 3.13. The normalized spacial score (nSPS) is 11.6. The summed E-state index contributed by atoms with van der Waals surface area (Å²) in [7, 11) is 0. The van der Waals surface area contributed by atoms with Gasteiger partial charge in [-0.1, -0.05) is 18.2 Å². The Bertz CT molecular complexity index is 895. The Balaban J connectivity index is 1.62. The quantitative estimate of drug-likeness (QED) is 0.0972. The van der Waals surface area contributed by atoms with E-state index in [9.17, 15) is 4.79 Å². The first-order chi connectivity index (χ1) is 26.0. The number of rotatable bonds is 40. The molecule has 1 aromatic rings. The molecule has 0 spiro atoms. The number of nitrogens with one attached hydrogen (secondary N) is 1. The molecule has 0 saturated heterocycles. The van der Waals surface area contributed by atoms with Gasteiger partial charge in [0, 0.05) is 6.54 Å². The lowest BCUT2D eigenvalue weighted by Crippen LogP contribution is -2.34. The van der Waals surface area contributed by atoms with Crippen LogP contribution in [0, 0.1) is 0 Å². The maximum atomic E-state index is 11.5. The van der Waals surface area contributed by atoms with Gasteiger partial charge in [0.1, 0.15) is 18.0 Å². The fourth-order valence-corrected chi connectivity index (χ4v) is 3.80. The van der Waals surface area contributed by atoms with Crippen LogP contribution in [0.3, 0.4) is 0 Å². The van der Waals surface area contributed by atoms with Crippen molar-refractivity contribution >= 4 is 6.09 Å². The van der Waals surface area contributed by atoms with E-state index in [1.807, 2.05) is 51.1 Å². The van der Waals surface area contributed by atoms with E-state index >= 15 is 0 Å². The minimum absolute atomic E-state index is 0.380. The first kappa shape index (κ1) is 48.8. The molecule has 0 aliphatic heterocycles. The molecule has 0 heterocycles. The predicted octanol–water partition coefficient (Wildman–Crippen LogP) is 2.79. The van der Waals surface area contributed by atoms with Gasteiger partial charge in [-0.3, -0.25) is 0 Å². The zero-order valence-corrected chi connectivity index (χ0v) is 32.4. The number of carbonyl (C=O) groups excluding carboxylic acids is 1. The van der Waals surface area contributed by atoms with Crippen LogP contribution >= 0.6 is 0 Å². The highest BCUT2D eigenvalue weighted by Crippen LogP contribution is 2.07. The van der Waals surface area contributed by atoms with E-state index in [2.05, 4.69) is 5.32 Å². The second-order valence-electron chi connectivity index (χ2n) is 11.9. The smallest absolute Gasteiger partial charge is 0.407 e. The fourth-order valence-electron chi connectivity index (χ4n) is 3.80. The van der Waals surface area contributed by atoms with E-state index in [1.165, 1.54) is 0 Å². The number of ether oxygens (including phenoxy) is 14. The van der Waals surface area contributed by atoms with E-state index in [4.69, 9.17) is 66.3 Å². The van der Waals surface area contributed by atoms with Gasteiger partial charge in [-0.15, -0.1) is 0 Å². The third kappa shape index (κ3) is 39.3. The molecule has 0 aliphatic rings. The van der Waals surface area contributed by atoms with Crippen molar-refractivity contribution in [1.29, 1.82) is 0 Å². The van der Waals surface area contributed by atoms with Crippen LogP contribution < -0.4 is 10.1 Å². The molecule has 0 aromatic heterocycles. The average molecular weight is 766 g/mol. The Kier molecular flexibility index (Phi) is 35.1. The SMILES string of the molecule is CC(C)(C)OC(=O)NCCOCCOCCOCCOCCOCCOCCOCCOCCOCCOCCOCCOCCOc1ccccc1. The molecule has 1 rings (SSSR count). The summed E-state index contributed by atoms with van der Waals surface area (Å²) in [5.74, 6) is 0.840. The van der Waals surface area contributed by atoms with E-state index in [0.717, 1.165) is 5.75 Å². The summed E-state index contributed by atoms with van der Waals surface area (Å²) >= 11 is 0. The Morgan fingerprint density at radius 1 is 0.415 bits per heavy atom. The lowest BCUT2D eigenvalue weighted by Gasteiger charge is -2.19. The number of amides is 1. The second-order valence-corrected chi connectivity index (χ2v) is 11.9. The molecule has 310 valence electrons. The molecular formula is C37H67NO15. The number of carbonyl (C=O) groups is 1. The first-order valence-corrected chi connectivity index (χ1v) is 18.5. The first-order valence-electron chi connectivity index (χ1n) is 18.5. The van der Waals surface area contributed by atoms with Crippen molar-refractivity contribution in [3.8, 4) is 5.75 Å². The maximum Gasteiger partial charge on any atom is 0.407 e. The minimum atomic E-state index is -0.514. The molecule has 0 bridgehead atoms. The molecule has 16 heteroatoms. The fraction of sp³-hybridized carbons (Fsp3) is 0.811. The maximum absolute atomic E-state index is 11.5. The molecule has 1 aromatic carbocycles. The summed E-state index contributed by atoms with van der Waals surface area (Å²) in [4.78, 5) is 11.5. The van der Waals surface area contributed by atoms with Crippen molar-refractivity contribution in [3.63, 3.8) is 0 Å². The highest BCUT2D eigenvalue weighted by Gasteiger charge is 2.15. The molecule has 0 unspecified atom stereocenters. The molecule has 0 aliphatic carbocycles. The largest absolute Gasteiger partial charge is 0.491 e. The van der Waals surface area contributed by atoms with Gasteiger partial charge in [0.05, 0.1) is 159 Å². The second kappa shape index (κ2) is 38.1. The predicted molar refractivity (Wildman–Crippen MR) is 196 cm³/mol. The molecule has 1 amide bonds. The van der Waals surface area contributed by atoms with Crippen LogP contribution in [0.15, 0.2) is 30.3 Å². The Labute approximate surface area is 316 Å². The number of hydrogen-bond acceptors (Lipinski definition) is 15. The monoisotopic (exact) mass is 765 g/mol. The highest BCUT2D eigenvalue weighted by molar-refractivity contribution is 5.67. The summed E-state index contributed by atoms with van der Waals surface area (Å²) in [6.45, 7) is 18.1. The Hall–Kier alpha value is -2.19. The van der Waals surface area contributed by atoms with Crippen LogP contribution in [0.5, 0.6) is 5.75 Å². The van der Waals surface area contributed by atoms with Gasteiger partial charge in [0.2, 0.25) is 0 Å². The third-order valence-corrected chi connectivity index (χ3v) is 6.25. The van der Waals surface area contributed by atoms with Gasteiger partial charge < -0.3 is 71.6 Å². The summed E-state index contributed by atoms with van der Waals surface area (Å²) in [5.41, 5.74) is -0.514. The van der Waals surface area contributed by atoms with Crippen molar-refractivity contribution in [2.45, 2.75) is 26.4 Å². The number of para-hydroxylation sites is 1. The summed E-state index contributed by atoms with van der Waals surface area (Å²) in [6, 6.07) is 9.66. The standard InChI is InChI=1S/C37H67NO15/c1-37(2,3)53-36(39)38-9-10-40-11-12-41-13-14-42-15-16-43-17-18-44-19-20-45-21-22-46-23-24-47-25-26-48-27-28-49-29-30-50-31-32-51-33-34-52-35-7-5-4-6-8-35/h4-8H,9-34H2,1-3H3,(H,38,39). The van der Waals surface area contributed by atoms with Crippen molar-refractivity contribution < 1.29 is 71.1 Å². The third-order valence-electron chi connectivity index (χ3n) is 6.25. The molecule has 0 atom stereocenters. The van der Waals surface area contributed by atoms with E-state index in [1.54, 1.807) is 0 Å². The zero-order chi connectivity index (χ0) is 38.2. The Morgan fingerprint density at radius 3 is 0.962 bits per heavy atom. The molecule has 0 fully saturated rings. The number of benzene rings is 1. The van der Waals surface area contributed by atoms with Gasteiger partial charge in [0.25, 0.3) is 0 Å². The van der Waals surface area contributed by atoms with Gasteiger partial charge in [-0.2, -0.15) is 0 Å². The topological polar surface area (TPSA) is 158 Å². The van der Waals surface area contributed by atoms with Crippen molar-refractivity contribution in [1.82, 2.24) is 5.32 Å². The summed E-state index contributed by atoms with van der Waals surface area (Å²) in [6.07, 6.45) is -0.454. The van der Waals surface area contributed by atoms with Gasteiger partial charge in [0.15, 0.2) is 0 Å². The van der Waals surface area contributed by atoms with Crippen LogP contribution in [0.2, 0.25) is 0 Å². The van der Waals surface area contributed by atoms with E-state index < -0.39 is 11.7 Å². The molecule has 53 heavy (non-hydrogen) atoms. The molecule has 1 N–H and O–H groups in total.